The minimum Gasteiger partial charge on any atom is -0.486 e. The summed E-state index contributed by atoms with van der Waals surface area (Å²) in [5, 5.41) is 0.497. The average Bonchev–Trinajstić information content (AvgIpc) is 2.46. The largest absolute Gasteiger partial charge is 0.486 e. The van der Waals surface area contributed by atoms with E-state index in [0.717, 1.165) is 5.56 Å². The van der Waals surface area contributed by atoms with Gasteiger partial charge in [0.15, 0.2) is 11.5 Å². The van der Waals surface area contributed by atoms with Crippen LogP contribution < -0.4 is 9.47 Å². The van der Waals surface area contributed by atoms with Gasteiger partial charge in [-0.1, -0.05) is 11.6 Å². The summed E-state index contributed by atoms with van der Waals surface area (Å²) in [6.07, 6.45) is 3.29. The third kappa shape index (κ3) is 3.25. The van der Waals surface area contributed by atoms with E-state index in [0.29, 0.717) is 42.8 Å². The standard InChI is InChI=1S/C15H18ClNO3/c1-3-17(4-2)14(18)6-5-11-9-12(16)15-13(10-11)19-7-8-20-15/h5-6,9-10H,3-4,7-8H2,1-2H3/b6-5+. The Bertz CT molecular complexity index is 524. The van der Waals surface area contributed by atoms with Crippen molar-refractivity contribution in [1.29, 1.82) is 0 Å². The van der Waals surface area contributed by atoms with Crippen molar-refractivity contribution < 1.29 is 14.3 Å². The molecule has 1 aromatic carbocycles. The Balaban J connectivity index is 2.17. The van der Waals surface area contributed by atoms with Crippen molar-refractivity contribution in [1.82, 2.24) is 4.90 Å². The predicted molar refractivity (Wildman–Crippen MR) is 79.4 cm³/mol. The molecule has 1 aromatic rings. The van der Waals surface area contributed by atoms with E-state index in [9.17, 15) is 4.79 Å². The van der Waals surface area contributed by atoms with Crippen molar-refractivity contribution in [3.63, 3.8) is 0 Å². The summed E-state index contributed by atoms with van der Waals surface area (Å²) in [4.78, 5) is 13.6. The molecule has 20 heavy (non-hydrogen) atoms. The molecule has 0 saturated heterocycles. The van der Waals surface area contributed by atoms with Crippen LogP contribution in [0.15, 0.2) is 18.2 Å². The normalized spacial score (nSPS) is 13.6. The minimum atomic E-state index is -0.0130. The maximum absolute atomic E-state index is 11.9. The van der Waals surface area contributed by atoms with Crippen LogP contribution in [0.5, 0.6) is 11.5 Å². The lowest BCUT2D eigenvalue weighted by Crippen LogP contribution is -2.28. The first kappa shape index (κ1) is 14.7. The molecular weight excluding hydrogens is 278 g/mol. The number of carbonyl (C=O) groups is 1. The van der Waals surface area contributed by atoms with Crippen molar-refractivity contribution in [3.05, 3.63) is 28.8 Å². The van der Waals surface area contributed by atoms with E-state index in [4.69, 9.17) is 21.1 Å². The van der Waals surface area contributed by atoms with Gasteiger partial charge in [-0.05, 0) is 37.6 Å². The molecule has 4 nitrogen and oxygen atoms in total. The van der Waals surface area contributed by atoms with E-state index in [1.807, 2.05) is 19.9 Å². The smallest absolute Gasteiger partial charge is 0.246 e. The van der Waals surface area contributed by atoms with Crippen LogP contribution in [0.25, 0.3) is 6.08 Å². The quantitative estimate of drug-likeness (QED) is 0.802. The first-order valence-electron chi connectivity index (χ1n) is 6.71. The van der Waals surface area contributed by atoms with Crippen LogP contribution in [0, 0.1) is 0 Å². The summed E-state index contributed by atoms with van der Waals surface area (Å²) in [5.41, 5.74) is 0.819. The van der Waals surface area contributed by atoms with Crippen molar-refractivity contribution in [2.75, 3.05) is 26.3 Å². The Morgan fingerprint density at radius 1 is 1.30 bits per heavy atom. The van der Waals surface area contributed by atoms with E-state index >= 15 is 0 Å². The van der Waals surface area contributed by atoms with Crippen LogP contribution in [0.1, 0.15) is 19.4 Å². The second kappa shape index (κ2) is 6.66. The Morgan fingerprint density at radius 2 is 2.00 bits per heavy atom. The summed E-state index contributed by atoms with van der Waals surface area (Å²) in [6.45, 7) is 6.31. The second-order valence-electron chi connectivity index (χ2n) is 4.37. The van der Waals surface area contributed by atoms with Gasteiger partial charge < -0.3 is 14.4 Å². The average molecular weight is 296 g/mol. The molecule has 0 saturated carbocycles. The van der Waals surface area contributed by atoms with E-state index in [2.05, 4.69) is 0 Å². The van der Waals surface area contributed by atoms with Crippen molar-refractivity contribution in [2.24, 2.45) is 0 Å². The predicted octanol–water partition coefficient (Wildman–Crippen LogP) is 2.99. The topological polar surface area (TPSA) is 38.8 Å². The lowest BCUT2D eigenvalue weighted by Gasteiger charge is -2.20. The fourth-order valence-electron chi connectivity index (χ4n) is 2.04. The number of rotatable bonds is 4. The number of carbonyl (C=O) groups excluding carboxylic acids is 1. The number of ether oxygens (including phenoxy) is 2. The molecule has 0 aliphatic carbocycles. The van der Waals surface area contributed by atoms with Gasteiger partial charge in [0.2, 0.25) is 5.91 Å². The third-order valence-electron chi connectivity index (χ3n) is 3.11. The number of hydrogen-bond acceptors (Lipinski definition) is 3. The first-order valence-corrected chi connectivity index (χ1v) is 7.09. The highest BCUT2D eigenvalue weighted by Gasteiger charge is 2.16. The lowest BCUT2D eigenvalue weighted by molar-refractivity contribution is -0.125. The molecule has 0 radical (unpaired) electrons. The van der Waals surface area contributed by atoms with Gasteiger partial charge in [0.1, 0.15) is 13.2 Å². The van der Waals surface area contributed by atoms with Gasteiger partial charge in [0.25, 0.3) is 0 Å². The van der Waals surface area contributed by atoms with Crippen molar-refractivity contribution >= 4 is 23.6 Å². The highest BCUT2D eigenvalue weighted by atomic mass is 35.5. The molecule has 5 heteroatoms. The summed E-state index contributed by atoms with van der Waals surface area (Å²) in [5.74, 6) is 1.19. The Morgan fingerprint density at radius 3 is 2.70 bits per heavy atom. The molecule has 0 atom stereocenters. The monoisotopic (exact) mass is 295 g/mol. The van der Waals surface area contributed by atoms with Crippen LogP contribution >= 0.6 is 11.6 Å². The number of benzene rings is 1. The van der Waals surface area contributed by atoms with E-state index in [1.165, 1.54) is 0 Å². The van der Waals surface area contributed by atoms with Crippen LogP contribution in [-0.2, 0) is 4.79 Å². The molecule has 0 unspecified atom stereocenters. The molecule has 0 fully saturated rings. The molecule has 1 aliphatic rings. The maximum atomic E-state index is 11.9. The van der Waals surface area contributed by atoms with Crippen LogP contribution in [0.2, 0.25) is 5.02 Å². The van der Waals surface area contributed by atoms with Crippen LogP contribution in [0.3, 0.4) is 0 Å². The zero-order valence-corrected chi connectivity index (χ0v) is 12.4. The van der Waals surface area contributed by atoms with E-state index in [1.54, 1.807) is 23.1 Å². The Labute approximate surface area is 123 Å². The number of halogens is 1. The van der Waals surface area contributed by atoms with E-state index in [-0.39, 0.29) is 5.91 Å². The Kier molecular flexibility index (Phi) is 4.90. The Hall–Kier alpha value is -1.68. The van der Waals surface area contributed by atoms with Crippen LogP contribution in [0.4, 0.5) is 0 Å². The SMILES string of the molecule is CCN(CC)C(=O)/C=C/c1cc(Cl)c2c(c1)OCCO2. The summed E-state index contributed by atoms with van der Waals surface area (Å²) in [7, 11) is 0. The van der Waals surface area contributed by atoms with Gasteiger partial charge in [-0.3, -0.25) is 4.79 Å². The van der Waals surface area contributed by atoms with Gasteiger partial charge in [0.05, 0.1) is 5.02 Å². The van der Waals surface area contributed by atoms with Crippen LogP contribution in [-0.4, -0.2) is 37.1 Å². The summed E-state index contributed by atoms with van der Waals surface area (Å²) < 4.78 is 11.0. The molecule has 1 aliphatic heterocycles. The van der Waals surface area contributed by atoms with Gasteiger partial charge >= 0.3 is 0 Å². The fourth-order valence-corrected chi connectivity index (χ4v) is 2.31. The number of likely N-dealkylation sites (N-methyl/N-ethyl adjacent to an activating group) is 1. The second-order valence-corrected chi connectivity index (χ2v) is 4.78. The van der Waals surface area contributed by atoms with Crippen molar-refractivity contribution in [2.45, 2.75) is 13.8 Å². The first-order chi connectivity index (χ1) is 9.65. The fraction of sp³-hybridized carbons (Fsp3) is 0.400. The molecule has 108 valence electrons. The highest BCUT2D eigenvalue weighted by molar-refractivity contribution is 6.32. The van der Waals surface area contributed by atoms with Gasteiger partial charge in [-0.15, -0.1) is 0 Å². The van der Waals surface area contributed by atoms with E-state index < -0.39 is 0 Å². The summed E-state index contributed by atoms with van der Waals surface area (Å²) >= 11 is 6.15. The molecule has 0 aromatic heterocycles. The third-order valence-corrected chi connectivity index (χ3v) is 3.39. The molecule has 1 amide bonds. The molecule has 0 spiro atoms. The maximum Gasteiger partial charge on any atom is 0.246 e. The molecular formula is C15H18ClNO3. The minimum absolute atomic E-state index is 0.0130. The molecule has 1 heterocycles. The van der Waals surface area contributed by atoms with Gasteiger partial charge in [0, 0.05) is 19.2 Å². The van der Waals surface area contributed by atoms with Crippen molar-refractivity contribution in [3.8, 4) is 11.5 Å². The molecule has 0 bridgehead atoms. The zero-order valence-electron chi connectivity index (χ0n) is 11.7. The van der Waals surface area contributed by atoms with Gasteiger partial charge in [-0.2, -0.15) is 0 Å². The highest BCUT2D eigenvalue weighted by Crippen LogP contribution is 2.38. The lowest BCUT2D eigenvalue weighted by atomic mass is 10.1. The summed E-state index contributed by atoms with van der Waals surface area (Å²) in [6, 6.07) is 3.59. The number of hydrogen-bond donors (Lipinski definition) is 0. The molecule has 0 N–H and O–H groups in total. The number of fused-ring (bicyclic) bond motifs is 1. The number of amides is 1. The zero-order chi connectivity index (χ0) is 14.5. The number of nitrogens with zero attached hydrogens (tertiary/aromatic N) is 1. The van der Waals surface area contributed by atoms with Gasteiger partial charge in [-0.25, -0.2) is 0 Å². The molecule has 2 rings (SSSR count).